The number of pyridine rings is 1. The Morgan fingerprint density at radius 3 is 2.10 bits per heavy atom. The molecular formula is C23H32N4O4. The van der Waals surface area contributed by atoms with Crippen molar-refractivity contribution in [3.05, 3.63) is 35.5 Å². The molecule has 2 heterocycles. The largest absolute Gasteiger partial charge is 0.497 e. The lowest BCUT2D eigenvalue weighted by atomic mass is 10.2. The number of piperazine rings is 1. The molecule has 8 heteroatoms. The number of ether oxygens (including phenoxy) is 3. The monoisotopic (exact) mass is 428 g/mol. The van der Waals surface area contributed by atoms with Crippen LogP contribution in [0, 0.1) is 13.8 Å². The van der Waals surface area contributed by atoms with Crippen molar-refractivity contribution in [3.8, 4) is 17.4 Å². The van der Waals surface area contributed by atoms with Crippen molar-refractivity contribution >= 4 is 17.4 Å². The van der Waals surface area contributed by atoms with Gasteiger partial charge in [0.15, 0.2) is 0 Å². The molecule has 0 spiro atoms. The first-order valence-corrected chi connectivity index (χ1v) is 10.5. The molecular weight excluding hydrogens is 396 g/mol. The molecule has 0 aliphatic carbocycles. The van der Waals surface area contributed by atoms with Crippen molar-refractivity contribution in [3.63, 3.8) is 0 Å². The molecule has 8 nitrogen and oxygen atoms in total. The molecule has 0 radical (unpaired) electrons. The van der Waals surface area contributed by atoms with Gasteiger partial charge in [-0.3, -0.25) is 4.90 Å². The fourth-order valence-electron chi connectivity index (χ4n) is 3.72. The Morgan fingerprint density at radius 2 is 1.58 bits per heavy atom. The second kappa shape index (κ2) is 9.76. The number of carbonyl (C=O) groups excluding carboxylic acids is 1. The van der Waals surface area contributed by atoms with Crippen molar-refractivity contribution < 1.29 is 19.0 Å². The van der Waals surface area contributed by atoms with E-state index in [1.807, 2.05) is 49.9 Å². The van der Waals surface area contributed by atoms with Crippen LogP contribution in [0.3, 0.4) is 0 Å². The molecule has 31 heavy (non-hydrogen) atoms. The Kier molecular flexibility index (Phi) is 7.09. The maximum atomic E-state index is 13.3. The molecule has 1 aliphatic heterocycles. The van der Waals surface area contributed by atoms with Crippen LogP contribution in [0.4, 0.5) is 16.2 Å². The Labute approximate surface area is 184 Å². The lowest BCUT2D eigenvalue weighted by Crippen LogP contribution is -2.53. The predicted octanol–water partition coefficient (Wildman–Crippen LogP) is 3.49. The number of anilines is 2. The molecule has 0 unspecified atom stereocenters. The summed E-state index contributed by atoms with van der Waals surface area (Å²) in [5.41, 5.74) is 3.65. The molecule has 3 rings (SSSR count). The number of aromatic nitrogens is 1. The van der Waals surface area contributed by atoms with E-state index < -0.39 is 0 Å². The Hall–Kier alpha value is -3.16. The molecule has 1 saturated heterocycles. The van der Waals surface area contributed by atoms with E-state index in [-0.39, 0.29) is 6.03 Å². The van der Waals surface area contributed by atoms with E-state index >= 15 is 0 Å². The first-order valence-electron chi connectivity index (χ1n) is 10.5. The van der Waals surface area contributed by atoms with Crippen molar-refractivity contribution in [2.24, 2.45) is 0 Å². The maximum Gasteiger partial charge on any atom is 0.324 e. The molecule has 2 aromatic rings. The minimum absolute atomic E-state index is 0.0336. The van der Waals surface area contributed by atoms with Gasteiger partial charge in [0.2, 0.25) is 5.88 Å². The number of rotatable bonds is 6. The number of methoxy groups -OCH3 is 3. The standard InChI is InChI=1S/C23H32N4O4/c1-7-27(21-12-16(2)17(3)24-22(21)31-6)23(28)26-10-8-25(9-11-26)18-13-19(29-4)15-20(14-18)30-5/h12-15H,7-11H2,1-6H3. The molecule has 0 saturated carbocycles. The van der Waals surface area contributed by atoms with Gasteiger partial charge in [0.1, 0.15) is 17.2 Å². The zero-order valence-corrected chi connectivity index (χ0v) is 19.3. The fraction of sp³-hybridized carbons (Fsp3) is 0.478. The molecule has 1 aromatic carbocycles. The van der Waals surface area contributed by atoms with Gasteiger partial charge < -0.3 is 24.0 Å². The van der Waals surface area contributed by atoms with Crippen LogP contribution < -0.4 is 24.0 Å². The van der Waals surface area contributed by atoms with Crippen molar-refractivity contribution in [1.82, 2.24) is 9.88 Å². The highest BCUT2D eigenvalue weighted by molar-refractivity contribution is 5.93. The van der Waals surface area contributed by atoms with E-state index in [1.54, 1.807) is 26.2 Å². The van der Waals surface area contributed by atoms with Crippen molar-refractivity contribution in [1.29, 1.82) is 0 Å². The lowest BCUT2D eigenvalue weighted by Gasteiger charge is -2.38. The highest BCUT2D eigenvalue weighted by Gasteiger charge is 2.28. The fourth-order valence-corrected chi connectivity index (χ4v) is 3.72. The van der Waals surface area contributed by atoms with Gasteiger partial charge in [0, 0.05) is 62.3 Å². The third-order valence-corrected chi connectivity index (χ3v) is 5.70. The first-order chi connectivity index (χ1) is 14.9. The van der Waals surface area contributed by atoms with Gasteiger partial charge in [-0.2, -0.15) is 0 Å². The molecule has 0 bridgehead atoms. The van der Waals surface area contributed by atoms with Crippen LogP contribution in [-0.2, 0) is 0 Å². The average molecular weight is 429 g/mol. The summed E-state index contributed by atoms with van der Waals surface area (Å²) >= 11 is 0. The number of nitrogens with zero attached hydrogens (tertiary/aromatic N) is 4. The molecule has 2 amide bonds. The van der Waals surface area contributed by atoms with Gasteiger partial charge in [0.25, 0.3) is 0 Å². The van der Waals surface area contributed by atoms with Crippen LogP contribution in [0.15, 0.2) is 24.3 Å². The van der Waals surface area contributed by atoms with Crippen LogP contribution >= 0.6 is 0 Å². The van der Waals surface area contributed by atoms with Crippen LogP contribution in [0.2, 0.25) is 0 Å². The van der Waals surface area contributed by atoms with Crippen LogP contribution in [0.5, 0.6) is 17.4 Å². The number of amides is 2. The number of carbonyl (C=O) groups is 1. The topological polar surface area (TPSA) is 67.4 Å². The van der Waals surface area contributed by atoms with E-state index in [0.717, 1.165) is 41.5 Å². The highest BCUT2D eigenvalue weighted by atomic mass is 16.5. The first kappa shape index (κ1) is 22.5. The zero-order chi connectivity index (χ0) is 22.5. The Bertz CT molecular complexity index is 904. The second-order valence-electron chi connectivity index (χ2n) is 7.49. The normalized spacial score (nSPS) is 13.7. The van der Waals surface area contributed by atoms with Gasteiger partial charge in [-0.05, 0) is 32.4 Å². The molecule has 1 fully saturated rings. The summed E-state index contributed by atoms with van der Waals surface area (Å²) in [6, 6.07) is 7.77. The van der Waals surface area contributed by atoms with E-state index in [0.29, 0.717) is 31.2 Å². The van der Waals surface area contributed by atoms with E-state index in [4.69, 9.17) is 14.2 Å². The number of aryl methyl sites for hydroxylation is 2. The molecule has 0 atom stereocenters. The summed E-state index contributed by atoms with van der Waals surface area (Å²) in [4.78, 5) is 23.7. The second-order valence-corrected chi connectivity index (χ2v) is 7.49. The minimum atomic E-state index is -0.0336. The van der Waals surface area contributed by atoms with Gasteiger partial charge in [0.05, 0.1) is 21.3 Å². The lowest BCUT2D eigenvalue weighted by molar-refractivity contribution is 0.201. The van der Waals surface area contributed by atoms with Gasteiger partial charge in [-0.25, -0.2) is 9.78 Å². The number of urea groups is 1. The number of hydrogen-bond donors (Lipinski definition) is 0. The summed E-state index contributed by atoms with van der Waals surface area (Å²) in [6.07, 6.45) is 0. The Balaban J connectivity index is 1.74. The highest BCUT2D eigenvalue weighted by Crippen LogP contribution is 2.31. The van der Waals surface area contributed by atoms with Gasteiger partial charge in [-0.15, -0.1) is 0 Å². The molecule has 1 aliphatic rings. The predicted molar refractivity (Wildman–Crippen MR) is 122 cm³/mol. The summed E-state index contributed by atoms with van der Waals surface area (Å²) in [5.74, 6) is 1.97. The smallest absolute Gasteiger partial charge is 0.324 e. The van der Waals surface area contributed by atoms with Crippen LogP contribution in [0.25, 0.3) is 0 Å². The third-order valence-electron chi connectivity index (χ3n) is 5.70. The maximum absolute atomic E-state index is 13.3. The van der Waals surface area contributed by atoms with E-state index in [1.165, 1.54) is 0 Å². The number of hydrogen-bond acceptors (Lipinski definition) is 6. The SMILES string of the molecule is CCN(C(=O)N1CCN(c2cc(OC)cc(OC)c2)CC1)c1cc(C)c(C)nc1OC. The summed E-state index contributed by atoms with van der Waals surface area (Å²) in [5, 5.41) is 0. The third kappa shape index (κ3) is 4.78. The minimum Gasteiger partial charge on any atom is -0.497 e. The van der Waals surface area contributed by atoms with Gasteiger partial charge in [-0.1, -0.05) is 0 Å². The number of benzene rings is 1. The average Bonchev–Trinajstić information content (AvgIpc) is 2.81. The van der Waals surface area contributed by atoms with Crippen LogP contribution in [0.1, 0.15) is 18.2 Å². The van der Waals surface area contributed by atoms with Crippen molar-refractivity contribution in [2.75, 3.05) is 63.9 Å². The van der Waals surface area contributed by atoms with Crippen LogP contribution in [-0.4, -0.2) is 70.0 Å². The summed E-state index contributed by atoms with van der Waals surface area (Å²) in [6.45, 7) is 9.12. The summed E-state index contributed by atoms with van der Waals surface area (Å²) in [7, 11) is 4.87. The van der Waals surface area contributed by atoms with Crippen molar-refractivity contribution in [2.45, 2.75) is 20.8 Å². The quantitative estimate of drug-likeness (QED) is 0.702. The summed E-state index contributed by atoms with van der Waals surface area (Å²) < 4.78 is 16.2. The molecule has 0 N–H and O–H groups in total. The van der Waals surface area contributed by atoms with E-state index in [9.17, 15) is 4.79 Å². The van der Waals surface area contributed by atoms with E-state index in [2.05, 4.69) is 9.88 Å². The van der Waals surface area contributed by atoms with Gasteiger partial charge >= 0.3 is 6.03 Å². The Morgan fingerprint density at radius 1 is 0.968 bits per heavy atom. The molecule has 168 valence electrons. The zero-order valence-electron chi connectivity index (χ0n) is 19.3. The molecule has 1 aromatic heterocycles.